The van der Waals surface area contributed by atoms with Crippen molar-refractivity contribution in [3.8, 4) is 0 Å². The largest absolute Gasteiger partial charge is 0.369 e. The van der Waals surface area contributed by atoms with Crippen LogP contribution in [0.15, 0.2) is 4.99 Å². The van der Waals surface area contributed by atoms with Crippen molar-refractivity contribution in [3.63, 3.8) is 0 Å². The Balaban J connectivity index is 1.97. The van der Waals surface area contributed by atoms with Gasteiger partial charge in [0.05, 0.1) is 17.9 Å². The van der Waals surface area contributed by atoms with E-state index in [4.69, 9.17) is 0 Å². The molecule has 0 amide bonds. The van der Waals surface area contributed by atoms with Gasteiger partial charge in [-0.05, 0) is 40.3 Å². The second-order valence-corrected chi connectivity index (χ2v) is 4.46. The summed E-state index contributed by atoms with van der Waals surface area (Å²) in [6.45, 7) is 2.07. The predicted octanol–water partition coefficient (Wildman–Crippen LogP) is 0.859. The third-order valence-electron chi connectivity index (χ3n) is 3.27. The highest BCUT2D eigenvalue weighted by atomic mass is 15.2. The van der Waals surface area contributed by atoms with Gasteiger partial charge in [-0.3, -0.25) is 4.99 Å². The van der Waals surface area contributed by atoms with Gasteiger partial charge in [-0.2, -0.15) is 0 Å². The van der Waals surface area contributed by atoms with Crippen LogP contribution in [-0.4, -0.2) is 43.0 Å². The molecule has 1 heterocycles. The van der Waals surface area contributed by atoms with Gasteiger partial charge in [-0.25, -0.2) is 0 Å². The fraction of sp³-hybridized carbons (Fsp3) is 0.900. The van der Waals surface area contributed by atoms with Crippen LogP contribution in [0.3, 0.4) is 0 Å². The number of hydrogen-bond acceptors (Lipinski definition) is 3. The van der Waals surface area contributed by atoms with Gasteiger partial charge in [0.15, 0.2) is 0 Å². The summed E-state index contributed by atoms with van der Waals surface area (Å²) in [6.07, 6.45) is 3.79. The molecule has 3 nitrogen and oxygen atoms in total. The van der Waals surface area contributed by atoms with Crippen LogP contribution >= 0.6 is 0 Å². The Bertz CT molecular complexity index is 222. The molecule has 2 unspecified atom stereocenters. The van der Waals surface area contributed by atoms with E-state index in [1.54, 1.807) is 0 Å². The molecule has 1 fully saturated rings. The Morgan fingerprint density at radius 2 is 2.15 bits per heavy atom. The van der Waals surface area contributed by atoms with E-state index in [0.717, 1.165) is 11.9 Å². The molecule has 0 bridgehead atoms. The SMILES string of the molecule is CC1=N[C@H]2CCC(N(C)C)CC2N1. The third kappa shape index (κ3) is 1.70. The number of hydrogen-bond donors (Lipinski definition) is 1. The molecule has 1 saturated carbocycles. The number of nitrogens with one attached hydrogen (secondary N) is 1. The number of nitrogens with zero attached hydrogens (tertiary/aromatic N) is 2. The molecule has 1 aliphatic carbocycles. The van der Waals surface area contributed by atoms with Crippen molar-refractivity contribution in [2.75, 3.05) is 14.1 Å². The minimum absolute atomic E-state index is 0.566. The van der Waals surface area contributed by atoms with E-state index in [1.807, 2.05) is 0 Å². The first-order valence-electron chi connectivity index (χ1n) is 5.14. The van der Waals surface area contributed by atoms with Crippen LogP contribution in [0.1, 0.15) is 26.2 Å². The molecule has 3 heteroatoms. The predicted molar refractivity (Wildman–Crippen MR) is 55.1 cm³/mol. The fourth-order valence-electron chi connectivity index (χ4n) is 2.47. The Hall–Kier alpha value is -0.570. The second-order valence-electron chi connectivity index (χ2n) is 4.46. The van der Waals surface area contributed by atoms with Crippen LogP contribution in [0.2, 0.25) is 0 Å². The van der Waals surface area contributed by atoms with Gasteiger partial charge < -0.3 is 10.2 Å². The lowest BCUT2D eigenvalue weighted by Crippen LogP contribution is -2.45. The van der Waals surface area contributed by atoms with E-state index < -0.39 is 0 Å². The molecule has 2 rings (SSSR count). The van der Waals surface area contributed by atoms with Crippen LogP contribution < -0.4 is 5.32 Å². The molecular weight excluding hydrogens is 162 g/mol. The smallest absolute Gasteiger partial charge is 0.0938 e. The van der Waals surface area contributed by atoms with Crippen molar-refractivity contribution >= 4 is 5.84 Å². The zero-order valence-electron chi connectivity index (χ0n) is 8.75. The number of fused-ring (bicyclic) bond motifs is 1. The maximum absolute atomic E-state index is 4.59. The molecule has 2 aliphatic rings. The average molecular weight is 181 g/mol. The average Bonchev–Trinajstić information content (AvgIpc) is 2.42. The summed E-state index contributed by atoms with van der Waals surface area (Å²) in [5.41, 5.74) is 0. The van der Waals surface area contributed by atoms with Crippen LogP contribution in [0.4, 0.5) is 0 Å². The summed E-state index contributed by atoms with van der Waals surface area (Å²) >= 11 is 0. The maximum atomic E-state index is 4.59. The third-order valence-corrected chi connectivity index (χ3v) is 3.27. The molecule has 0 aromatic carbocycles. The van der Waals surface area contributed by atoms with Crippen LogP contribution in [0.25, 0.3) is 0 Å². The topological polar surface area (TPSA) is 27.6 Å². The quantitative estimate of drug-likeness (QED) is 0.649. The van der Waals surface area contributed by atoms with Crippen LogP contribution in [0.5, 0.6) is 0 Å². The van der Waals surface area contributed by atoms with Crippen molar-refractivity contribution in [2.24, 2.45) is 4.99 Å². The molecule has 13 heavy (non-hydrogen) atoms. The summed E-state index contributed by atoms with van der Waals surface area (Å²) in [5.74, 6) is 1.13. The second kappa shape index (κ2) is 3.29. The minimum atomic E-state index is 0.566. The highest BCUT2D eigenvalue weighted by Crippen LogP contribution is 2.27. The van der Waals surface area contributed by atoms with Crippen LogP contribution in [-0.2, 0) is 0 Å². The van der Waals surface area contributed by atoms with E-state index >= 15 is 0 Å². The lowest BCUT2D eigenvalue weighted by molar-refractivity contribution is 0.199. The van der Waals surface area contributed by atoms with E-state index in [0.29, 0.717) is 12.1 Å². The molecule has 0 radical (unpaired) electrons. The molecule has 0 aromatic rings. The molecule has 0 aromatic heterocycles. The Labute approximate surface area is 80.2 Å². The molecule has 1 aliphatic heterocycles. The van der Waals surface area contributed by atoms with E-state index in [9.17, 15) is 0 Å². The van der Waals surface area contributed by atoms with Crippen molar-refractivity contribution in [3.05, 3.63) is 0 Å². The Morgan fingerprint density at radius 3 is 2.85 bits per heavy atom. The van der Waals surface area contributed by atoms with Gasteiger partial charge in [-0.1, -0.05) is 0 Å². The lowest BCUT2D eigenvalue weighted by Gasteiger charge is -2.34. The Kier molecular flexibility index (Phi) is 2.28. The number of aliphatic imine (C=N–C) groups is 1. The van der Waals surface area contributed by atoms with Gasteiger partial charge in [0, 0.05) is 6.04 Å². The first-order chi connectivity index (χ1) is 6.16. The molecular formula is C10H19N3. The van der Waals surface area contributed by atoms with Crippen molar-refractivity contribution in [2.45, 2.75) is 44.3 Å². The van der Waals surface area contributed by atoms with Crippen molar-refractivity contribution < 1.29 is 0 Å². The summed E-state index contributed by atoms with van der Waals surface area (Å²) < 4.78 is 0. The maximum Gasteiger partial charge on any atom is 0.0938 e. The summed E-state index contributed by atoms with van der Waals surface area (Å²) in [7, 11) is 4.35. The van der Waals surface area contributed by atoms with E-state index in [1.165, 1.54) is 19.3 Å². The van der Waals surface area contributed by atoms with Gasteiger partial charge in [0.2, 0.25) is 0 Å². The molecule has 1 N–H and O–H groups in total. The van der Waals surface area contributed by atoms with Gasteiger partial charge >= 0.3 is 0 Å². The van der Waals surface area contributed by atoms with Crippen molar-refractivity contribution in [1.29, 1.82) is 0 Å². The molecule has 0 spiro atoms. The highest BCUT2D eigenvalue weighted by molar-refractivity contribution is 5.82. The zero-order valence-corrected chi connectivity index (χ0v) is 8.75. The molecule has 74 valence electrons. The standard InChI is InChI=1S/C10H19N3/c1-7-11-9-5-4-8(13(2)3)6-10(9)12-7/h8-10H,4-6H2,1-3H3,(H,11,12)/t8?,9-,10?/m0/s1. The van der Waals surface area contributed by atoms with E-state index in [-0.39, 0.29) is 0 Å². The number of rotatable bonds is 1. The summed E-state index contributed by atoms with van der Waals surface area (Å²) in [4.78, 5) is 6.93. The van der Waals surface area contributed by atoms with Crippen LogP contribution in [0, 0.1) is 0 Å². The summed E-state index contributed by atoms with van der Waals surface area (Å²) in [6, 6.07) is 1.92. The van der Waals surface area contributed by atoms with Gasteiger partial charge in [-0.15, -0.1) is 0 Å². The monoisotopic (exact) mass is 181 g/mol. The highest BCUT2D eigenvalue weighted by Gasteiger charge is 2.34. The van der Waals surface area contributed by atoms with Gasteiger partial charge in [0.25, 0.3) is 0 Å². The minimum Gasteiger partial charge on any atom is -0.369 e. The van der Waals surface area contributed by atoms with Crippen molar-refractivity contribution in [1.82, 2.24) is 10.2 Å². The fourth-order valence-corrected chi connectivity index (χ4v) is 2.47. The zero-order chi connectivity index (χ0) is 9.42. The van der Waals surface area contributed by atoms with Gasteiger partial charge in [0.1, 0.15) is 0 Å². The lowest BCUT2D eigenvalue weighted by atomic mass is 9.87. The number of amidine groups is 1. The first-order valence-corrected chi connectivity index (χ1v) is 5.14. The Morgan fingerprint density at radius 1 is 1.38 bits per heavy atom. The summed E-state index contributed by atoms with van der Waals surface area (Å²) in [5, 5.41) is 3.46. The first kappa shape index (κ1) is 9.00. The molecule has 0 saturated heterocycles. The molecule has 3 atom stereocenters. The van der Waals surface area contributed by atoms with E-state index in [2.05, 4.69) is 36.2 Å². The normalized spacial score (nSPS) is 38.5.